The summed E-state index contributed by atoms with van der Waals surface area (Å²) in [4.78, 5) is 12.9. The second-order valence-electron chi connectivity index (χ2n) is 6.02. The highest BCUT2D eigenvalue weighted by Crippen LogP contribution is 2.31. The van der Waals surface area contributed by atoms with Gasteiger partial charge in [-0.3, -0.25) is 4.79 Å². The number of pyridine rings is 1. The van der Waals surface area contributed by atoms with Crippen molar-refractivity contribution in [2.45, 2.75) is 13.1 Å². The van der Waals surface area contributed by atoms with E-state index in [0.717, 1.165) is 23.3 Å². The van der Waals surface area contributed by atoms with Crippen molar-refractivity contribution in [2.75, 3.05) is 0 Å². The Morgan fingerprint density at radius 2 is 1.48 bits per heavy atom. The molecule has 1 aromatic heterocycles. The van der Waals surface area contributed by atoms with Gasteiger partial charge in [-0.1, -0.05) is 42.0 Å². The number of aryl methyl sites for hydroxylation is 2. The highest BCUT2D eigenvalue weighted by atomic mass is 19.4. The van der Waals surface area contributed by atoms with E-state index in [1.807, 2.05) is 31.2 Å². The van der Waals surface area contributed by atoms with Crippen LogP contribution in [0.3, 0.4) is 0 Å². The lowest BCUT2D eigenvalue weighted by Gasteiger charge is -2.11. The minimum Gasteiger partial charge on any atom is -0.356 e. The molecule has 0 aliphatic rings. The first kappa shape index (κ1) is 17.0. The molecule has 0 unspecified atom stereocenters. The second kappa shape index (κ2) is 6.24. The van der Waals surface area contributed by atoms with E-state index in [1.165, 1.54) is 12.1 Å². The van der Waals surface area contributed by atoms with Crippen molar-refractivity contribution in [1.82, 2.24) is 4.57 Å². The molecule has 2 aromatic carbocycles. The second-order valence-corrected chi connectivity index (χ2v) is 6.02. The van der Waals surface area contributed by atoms with Gasteiger partial charge in [0.15, 0.2) is 5.43 Å². The van der Waals surface area contributed by atoms with Crippen molar-refractivity contribution >= 4 is 0 Å². The molecular weight excluding hydrogens is 327 g/mol. The lowest BCUT2D eigenvalue weighted by Crippen LogP contribution is -2.12. The summed E-state index contributed by atoms with van der Waals surface area (Å²) in [6.45, 7) is 1.95. The molecule has 3 rings (SSSR count). The first-order valence-electron chi connectivity index (χ1n) is 7.70. The number of benzene rings is 2. The first-order chi connectivity index (χ1) is 11.8. The highest BCUT2D eigenvalue weighted by molar-refractivity contribution is 5.72. The highest BCUT2D eigenvalue weighted by Gasteiger charge is 2.30. The maximum atomic E-state index is 13.0. The van der Waals surface area contributed by atoms with E-state index in [1.54, 1.807) is 24.0 Å². The molecule has 25 heavy (non-hydrogen) atoms. The summed E-state index contributed by atoms with van der Waals surface area (Å²) in [5, 5.41) is 0. The Morgan fingerprint density at radius 3 is 2.08 bits per heavy atom. The third kappa shape index (κ3) is 3.50. The van der Waals surface area contributed by atoms with E-state index in [0.29, 0.717) is 5.56 Å². The van der Waals surface area contributed by atoms with Crippen LogP contribution in [-0.2, 0) is 13.2 Å². The third-order valence-electron chi connectivity index (χ3n) is 4.02. The van der Waals surface area contributed by atoms with Gasteiger partial charge in [-0.2, -0.15) is 13.2 Å². The largest absolute Gasteiger partial charge is 0.416 e. The monoisotopic (exact) mass is 343 g/mol. The molecule has 0 spiro atoms. The van der Waals surface area contributed by atoms with Gasteiger partial charge in [0.2, 0.25) is 0 Å². The van der Waals surface area contributed by atoms with Crippen molar-refractivity contribution in [3.8, 4) is 22.3 Å². The summed E-state index contributed by atoms with van der Waals surface area (Å²) in [6, 6.07) is 12.3. The van der Waals surface area contributed by atoms with Crippen LogP contribution in [-0.4, -0.2) is 4.57 Å². The van der Waals surface area contributed by atoms with Gasteiger partial charge in [0.05, 0.1) is 5.56 Å². The van der Waals surface area contributed by atoms with Crippen LogP contribution in [0.25, 0.3) is 22.3 Å². The van der Waals surface area contributed by atoms with Crippen LogP contribution < -0.4 is 5.43 Å². The standard InChI is InChI=1S/C20H16F3NO/c1-13-6-8-14(9-7-13)17-11-24(2)12-18(19(17)25)15-4-3-5-16(10-15)20(21,22)23/h3-12H,1-2H3. The number of hydrogen-bond acceptors (Lipinski definition) is 1. The van der Waals surface area contributed by atoms with Crippen LogP contribution in [0.4, 0.5) is 13.2 Å². The molecule has 0 aliphatic carbocycles. The van der Waals surface area contributed by atoms with Gasteiger partial charge in [-0.25, -0.2) is 0 Å². The zero-order valence-electron chi connectivity index (χ0n) is 13.8. The maximum Gasteiger partial charge on any atom is 0.416 e. The van der Waals surface area contributed by atoms with Crippen LogP contribution >= 0.6 is 0 Å². The minimum absolute atomic E-state index is 0.242. The van der Waals surface area contributed by atoms with Gasteiger partial charge in [-0.05, 0) is 30.2 Å². The van der Waals surface area contributed by atoms with E-state index in [4.69, 9.17) is 0 Å². The number of hydrogen-bond donors (Lipinski definition) is 0. The molecule has 5 heteroatoms. The molecule has 0 radical (unpaired) electrons. The van der Waals surface area contributed by atoms with Crippen molar-refractivity contribution in [2.24, 2.45) is 7.05 Å². The third-order valence-corrected chi connectivity index (χ3v) is 4.02. The summed E-state index contributed by atoms with van der Waals surface area (Å²) in [5.74, 6) is 0. The normalized spacial score (nSPS) is 11.6. The number of halogens is 3. The van der Waals surface area contributed by atoms with E-state index in [-0.39, 0.29) is 16.6 Å². The van der Waals surface area contributed by atoms with Crippen LogP contribution in [0.1, 0.15) is 11.1 Å². The van der Waals surface area contributed by atoms with E-state index in [9.17, 15) is 18.0 Å². The molecule has 0 aliphatic heterocycles. The zero-order valence-corrected chi connectivity index (χ0v) is 13.8. The van der Waals surface area contributed by atoms with Crippen LogP contribution in [0.5, 0.6) is 0 Å². The SMILES string of the molecule is Cc1ccc(-c2cn(C)cc(-c3cccc(C(F)(F)F)c3)c2=O)cc1. The fourth-order valence-corrected chi connectivity index (χ4v) is 2.71. The molecule has 3 aromatic rings. The molecule has 0 saturated heterocycles. The lowest BCUT2D eigenvalue weighted by atomic mass is 9.99. The Bertz CT molecular complexity index is 969. The van der Waals surface area contributed by atoms with Crippen molar-refractivity contribution < 1.29 is 13.2 Å². The first-order valence-corrected chi connectivity index (χ1v) is 7.70. The Hall–Kier alpha value is -2.82. The smallest absolute Gasteiger partial charge is 0.356 e. The van der Waals surface area contributed by atoms with Crippen LogP contribution in [0.15, 0.2) is 65.7 Å². The number of aromatic nitrogens is 1. The van der Waals surface area contributed by atoms with Crippen LogP contribution in [0.2, 0.25) is 0 Å². The van der Waals surface area contributed by atoms with Crippen molar-refractivity contribution in [1.29, 1.82) is 0 Å². The Morgan fingerprint density at radius 1 is 0.880 bits per heavy atom. The number of nitrogens with zero attached hydrogens (tertiary/aromatic N) is 1. The van der Waals surface area contributed by atoms with E-state index >= 15 is 0 Å². The van der Waals surface area contributed by atoms with Gasteiger partial charge >= 0.3 is 6.18 Å². The Balaban J connectivity index is 2.19. The molecule has 0 saturated carbocycles. The van der Waals surface area contributed by atoms with Crippen molar-refractivity contribution in [3.63, 3.8) is 0 Å². The Kier molecular flexibility index (Phi) is 4.25. The minimum atomic E-state index is -4.45. The average Bonchev–Trinajstić information content (AvgIpc) is 2.57. The summed E-state index contributed by atoms with van der Waals surface area (Å²) in [6.07, 6.45) is -1.21. The van der Waals surface area contributed by atoms with Gasteiger partial charge in [-0.15, -0.1) is 0 Å². The van der Waals surface area contributed by atoms with Gasteiger partial charge in [0.25, 0.3) is 0 Å². The van der Waals surface area contributed by atoms with Gasteiger partial charge in [0, 0.05) is 30.6 Å². The fraction of sp³-hybridized carbons (Fsp3) is 0.150. The molecule has 0 atom stereocenters. The zero-order chi connectivity index (χ0) is 18.2. The molecule has 0 N–H and O–H groups in total. The molecule has 128 valence electrons. The van der Waals surface area contributed by atoms with Crippen molar-refractivity contribution in [3.05, 3.63) is 82.3 Å². The topological polar surface area (TPSA) is 22.0 Å². The fourth-order valence-electron chi connectivity index (χ4n) is 2.71. The van der Waals surface area contributed by atoms with Gasteiger partial charge in [0.1, 0.15) is 0 Å². The molecule has 0 bridgehead atoms. The summed E-state index contributed by atoms with van der Waals surface area (Å²) >= 11 is 0. The number of rotatable bonds is 2. The van der Waals surface area contributed by atoms with Crippen LogP contribution in [0, 0.1) is 6.92 Å². The summed E-state index contributed by atoms with van der Waals surface area (Å²) in [5.41, 5.74) is 1.69. The Labute approximate surface area is 143 Å². The van der Waals surface area contributed by atoms with E-state index in [2.05, 4.69) is 0 Å². The molecule has 1 heterocycles. The average molecular weight is 343 g/mol. The number of alkyl halides is 3. The maximum absolute atomic E-state index is 13.0. The van der Waals surface area contributed by atoms with Gasteiger partial charge < -0.3 is 4.57 Å². The molecule has 0 amide bonds. The molecular formula is C20H16F3NO. The van der Waals surface area contributed by atoms with E-state index < -0.39 is 11.7 Å². The predicted molar refractivity (Wildman–Crippen MR) is 92.3 cm³/mol. The molecule has 0 fully saturated rings. The summed E-state index contributed by atoms with van der Waals surface area (Å²) < 4.78 is 40.6. The lowest BCUT2D eigenvalue weighted by molar-refractivity contribution is -0.137. The summed E-state index contributed by atoms with van der Waals surface area (Å²) in [7, 11) is 1.74. The molecule has 2 nitrogen and oxygen atoms in total. The quantitative estimate of drug-likeness (QED) is 0.638. The predicted octanol–water partition coefficient (Wildman–Crippen LogP) is 5.05.